The van der Waals surface area contributed by atoms with Gasteiger partial charge in [0, 0.05) is 17.8 Å². The number of rotatable bonds is 2. The molecule has 2 rings (SSSR count). The predicted molar refractivity (Wildman–Crippen MR) is 74.9 cm³/mol. The summed E-state index contributed by atoms with van der Waals surface area (Å²) in [6.45, 7) is 0. The Hall–Kier alpha value is -1.48. The first-order chi connectivity index (χ1) is 8.72. The number of amides is 2. The van der Waals surface area contributed by atoms with Crippen molar-refractivity contribution in [2.45, 2.75) is 25.7 Å². The van der Waals surface area contributed by atoms with Crippen molar-refractivity contribution in [2.24, 2.45) is 0 Å². The molecule has 0 bridgehead atoms. The maximum Gasteiger partial charge on any atom is 0.325 e. The zero-order valence-electron chi connectivity index (χ0n) is 10.4. The summed E-state index contributed by atoms with van der Waals surface area (Å²) < 4.78 is 0. The second-order valence-electron chi connectivity index (χ2n) is 4.31. The van der Waals surface area contributed by atoms with Gasteiger partial charge in [-0.1, -0.05) is 23.7 Å². The fourth-order valence-corrected chi connectivity index (χ4v) is 2.35. The highest BCUT2D eigenvalue weighted by Crippen LogP contribution is 2.28. The van der Waals surface area contributed by atoms with Gasteiger partial charge in [-0.2, -0.15) is 0 Å². The lowest BCUT2D eigenvalue weighted by molar-refractivity contribution is 0.249. The van der Waals surface area contributed by atoms with Gasteiger partial charge in [0.15, 0.2) is 0 Å². The number of nitrogens with one attached hydrogen (secondary N) is 1. The Kier molecular flexibility index (Phi) is 4.26. The zero-order valence-corrected chi connectivity index (χ0v) is 11.2. The highest BCUT2D eigenvalue weighted by molar-refractivity contribution is 6.30. The minimum absolute atomic E-state index is 0.120. The quantitative estimate of drug-likeness (QED) is 0.862. The van der Waals surface area contributed by atoms with Gasteiger partial charge in [-0.3, -0.25) is 4.90 Å². The van der Waals surface area contributed by atoms with E-state index >= 15 is 0 Å². The zero-order chi connectivity index (χ0) is 13.0. The van der Waals surface area contributed by atoms with E-state index in [0.717, 1.165) is 30.6 Å². The lowest BCUT2D eigenvalue weighted by Gasteiger charge is -2.27. The molecule has 1 aromatic rings. The van der Waals surface area contributed by atoms with Crippen LogP contribution in [0.2, 0.25) is 5.02 Å². The third-order valence-electron chi connectivity index (χ3n) is 3.04. The van der Waals surface area contributed by atoms with Gasteiger partial charge in [-0.05, 0) is 43.9 Å². The Balaban J connectivity index is 2.36. The summed E-state index contributed by atoms with van der Waals surface area (Å²) in [6, 6.07) is 7.26. The molecule has 0 aromatic heterocycles. The Morgan fingerprint density at radius 3 is 2.83 bits per heavy atom. The van der Waals surface area contributed by atoms with Gasteiger partial charge in [0.05, 0.1) is 5.69 Å². The number of benzene rings is 1. The molecule has 96 valence electrons. The Bertz CT molecular complexity index is 471. The molecule has 18 heavy (non-hydrogen) atoms. The Morgan fingerprint density at radius 1 is 1.39 bits per heavy atom. The molecule has 2 amide bonds. The normalized spacial score (nSPS) is 14.9. The second-order valence-corrected chi connectivity index (χ2v) is 4.75. The van der Waals surface area contributed by atoms with Crippen molar-refractivity contribution in [3.05, 3.63) is 41.1 Å². The first-order valence-electron chi connectivity index (χ1n) is 6.19. The van der Waals surface area contributed by atoms with Gasteiger partial charge in [0.2, 0.25) is 0 Å². The molecule has 0 fully saturated rings. The standard InChI is InChI=1S/C14H17ClN2O/c1-16-14(18)17(12-7-3-2-4-8-12)13-9-5-6-11(15)10-13/h5-7,9-10H,2-4,8H2,1H3,(H,16,18). The van der Waals surface area contributed by atoms with Crippen LogP contribution in [0.3, 0.4) is 0 Å². The van der Waals surface area contributed by atoms with E-state index in [0.29, 0.717) is 5.02 Å². The number of halogens is 1. The maximum absolute atomic E-state index is 12.1. The van der Waals surface area contributed by atoms with E-state index in [1.165, 1.54) is 6.42 Å². The molecule has 3 nitrogen and oxygen atoms in total. The van der Waals surface area contributed by atoms with E-state index in [4.69, 9.17) is 11.6 Å². The van der Waals surface area contributed by atoms with Crippen molar-refractivity contribution in [2.75, 3.05) is 11.9 Å². The van der Waals surface area contributed by atoms with Crippen LogP contribution in [0.25, 0.3) is 0 Å². The van der Waals surface area contributed by atoms with E-state index in [2.05, 4.69) is 11.4 Å². The molecule has 4 heteroatoms. The number of carbonyl (C=O) groups excluding carboxylic acids is 1. The molecule has 0 radical (unpaired) electrons. The first kappa shape index (κ1) is 13.0. The van der Waals surface area contributed by atoms with Crippen molar-refractivity contribution >= 4 is 23.3 Å². The van der Waals surface area contributed by atoms with E-state index in [1.807, 2.05) is 24.3 Å². The van der Waals surface area contributed by atoms with Crippen LogP contribution in [-0.2, 0) is 0 Å². The highest BCUT2D eigenvalue weighted by atomic mass is 35.5. The minimum Gasteiger partial charge on any atom is -0.340 e. The summed E-state index contributed by atoms with van der Waals surface area (Å²) in [4.78, 5) is 13.8. The number of carbonyl (C=O) groups is 1. The summed E-state index contributed by atoms with van der Waals surface area (Å²) in [7, 11) is 1.64. The van der Waals surface area contributed by atoms with Gasteiger partial charge < -0.3 is 5.32 Å². The summed E-state index contributed by atoms with van der Waals surface area (Å²) in [6.07, 6.45) is 6.42. The number of hydrogen-bond donors (Lipinski definition) is 1. The van der Waals surface area contributed by atoms with Crippen LogP contribution in [0, 0.1) is 0 Å². The minimum atomic E-state index is -0.120. The van der Waals surface area contributed by atoms with E-state index in [-0.39, 0.29) is 6.03 Å². The molecule has 1 aromatic carbocycles. The second kappa shape index (κ2) is 5.91. The van der Waals surface area contributed by atoms with Crippen LogP contribution < -0.4 is 10.2 Å². The maximum atomic E-state index is 12.1. The smallest absolute Gasteiger partial charge is 0.325 e. The number of hydrogen-bond acceptors (Lipinski definition) is 1. The summed E-state index contributed by atoms with van der Waals surface area (Å²) in [5.74, 6) is 0. The molecule has 1 N–H and O–H groups in total. The third kappa shape index (κ3) is 2.85. The lowest BCUT2D eigenvalue weighted by atomic mass is 10.0. The van der Waals surface area contributed by atoms with Crippen LogP contribution >= 0.6 is 11.6 Å². The van der Waals surface area contributed by atoms with Crippen LogP contribution in [0.4, 0.5) is 10.5 Å². The molecule has 0 unspecified atom stereocenters. The summed E-state index contributed by atoms with van der Waals surface area (Å²) in [5.41, 5.74) is 1.87. The summed E-state index contributed by atoms with van der Waals surface area (Å²) in [5, 5.41) is 3.32. The van der Waals surface area contributed by atoms with Gasteiger partial charge >= 0.3 is 6.03 Å². The molecule has 1 aliphatic rings. The van der Waals surface area contributed by atoms with Crippen molar-refractivity contribution < 1.29 is 4.79 Å². The number of anilines is 1. The predicted octanol–water partition coefficient (Wildman–Crippen LogP) is 3.94. The van der Waals surface area contributed by atoms with E-state index in [9.17, 15) is 4.79 Å². The molecule has 0 spiro atoms. The lowest BCUT2D eigenvalue weighted by Crippen LogP contribution is -2.38. The van der Waals surface area contributed by atoms with Crippen LogP contribution in [0.15, 0.2) is 36.0 Å². The topological polar surface area (TPSA) is 32.3 Å². The van der Waals surface area contributed by atoms with Crippen molar-refractivity contribution in [3.8, 4) is 0 Å². The molecule has 0 aliphatic heterocycles. The average Bonchev–Trinajstić information content (AvgIpc) is 2.40. The van der Waals surface area contributed by atoms with Crippen molar-refractivity contribution in [1.29, 1.82) is 0 Å². The number of allylic oxidation sites excluding steroid dienone is 2. The largest absolute Gasteiger partial charge is 0.340 e. The molecule has 1 aliphatic carbocycles. The monoisotopic (exact) mass is 264 g/mol. The highest BCUT2D eigenvalue weighted by Gasteiger charge is 2.20. The Labute approximate surface area is 112 Å². The van der Waals surface area contributed by atoms with Gasteiger partial charge in [0.25, 0.3) is 0 Å². The molecule has 0 atom stereocenters. The van der Waals surface area contributed by atoms with Crippen LogP contribution in [0.1, 0.15) is 25.7 Å². The average molecular weight is 265 g/mol. The van der Waals surface area contributed by atoms with E-state index < -0.39 is 0 Å². The molecular weight excluding hydrogens is 248 g/mol. The van der Waals surface area contributed by atoms with Gasteiger partial charge in [0.1, 0.15) is 0 Å². The van der Waals surface area contributed by atoms with Gasteiger partial charge in [-0.25, -0.2) is 4.79 Å². The number of nitrogens with zero attached hydrogens (tertiary/aromatic N) is 1. The molecule has 0 saturated heterocycles. The molecule has 0 heterocycles. The van der Waals surface area contributed by atoms with Gasteiger partial charge in [-0.15, -0.1) is 0 Å². The Morgan fingerprint density at radius 2 is 2.22 bits per heavy atom. The fraction of sp³-hybridized carbons (Fsp3) is 0.357. The van der Waals surface area contributed by atoms with Crippen molar-refractivity contribution in [1.82, 2.24) is 5.32 Å². The summed E-state index contributed by atoms with van der Waals surface area (Å²) >= 11 is 6.00. The van der Waals surface area contributed by atoms with E-state index in [1.54, 1.807) is 11.9 Å². The third-order valence-corrected chi connectivity index (χ3v) is 3.27. The van der Waals surface area contributed by atoms with Crippen LogP contribution in [-0.4, -0.2) is 13.1 Å². The SMILES string of the molecule is CNC(=O)N(C1=CCCCC1)c1cccc(Cl)c1. The molecular formula is C14H17ClN2O. The molecule has 0 saturated carbocycles. The van der Waals surface area contributed by atoms with Crippen LogP contribution in [0.5, 0.6) is 0 Å². The van der Waals surface area contributed by atoms with Crippen molar-refractivity contribution in [3.63, 3.8) is 0 Å². The number of urea groups is 1. The fourth-order valence-electron chi connectivity index (χ4n) is 2.16. The first-order valence-corrected chi connectivity index (χ1v) is 6.56.